The molecule has 0 bridgehead atoms. The van der Waals surface area contributed by atoms with Crippen molar-refractivity contribution >= 4 is 28.2 Å². The Bertz CT molecular complexity index is 990. The number of carbonyl (C=O) groups excluding carboxylic acids is 1. The first-order valence-corrected chi connectivity index (χ1v) is 9.90. The van der Waals surface area contributed by atoms with E-state index in [9.17, 15) is 4.79 Å². The second-order valence-corrected chi connectivity index (χ2v) is 7.63. The van der Waals surface area contributed by atoms with Crippen LogP contribution in [0.2, 0.25) is 0 Å². The lowest BCUT2D eigenvalue weighted by atomic mass is 10.1. The quantitative estimate of drug-likeness (QED) is 0.733. The fourth-order valence-electron chi connectivity index (χ4n) is 4.01. The standard InChI is InChI=1S/C23H26N4O2/c1-16-13-26(14-17(2)29-16)20-8-6-18(7-9-20)15-27(23(24)28)22-5-3-4-19-12-25-11-10-21(19)22/h3-12,16-17H,13-15H2,1-2H3,(H2,24,28). The number of aromatic nitrogens is 1. The molecule has 6 nitrogen and oxygen atoms in total. The normalized spacial score (nSPS) is 19.3. The summed E-state index contributed by atoms with van der Waals surface area (Å²) >= 11 is 0. The highest BCUT2D eigenvalue weighted by Crippen LogP contribution is 2.28. The van der Waals surface area contributed by atoms with Crippen LogP contribution in [0.25, 0.3) is 10.8 Å². The van der Waals surface area contributed by atoms with Crippen LogP contribution < -0.4 is 15.5 Å². The lowest BCUT2D eigenvalue weighted by Gasteiger charge is -2.37. The smallest absolute Gasteiger partial charge is 0.319 e. The SMILES string of the molecule is CC1CN(c2ccc(CN(C(N)=O)c3cccc4cnccc34)cc2)CC(C)O1. The van der Waals surface area contributed by atoms with Crippen molar-refractivity contribution in [2.45, 2.75) is 32.6 Å². The number of nitrogens with zero attached hydrogens (tertiary/aromatic N) is 3. The number of ether oxygens (including phenoxy) is 1. The van der Waals surface area contributed by atoms with E-state index < -0.39 is 6.03 Å². The van der Waals surface area contributed by atoms with Gasteiger partial charge in [0.25, 0.3) is 0 Å². The molecular formula is C23H26N4O2. The zero-order valence-electron chi connectivity index (χ0n) is 16.8. The first kappa shape index (κ1) is 19.2. The number of morpholine rings is 1. The molecule has 6 heteroatoms. The first-order chi connectivity index (χ1) is 14.0. The van der Waals surface area contributed by atoms with Crippen molar-refractivity contribution in [3.8, 4) is 0 Å². The van der Waals surface area contributed by atoms with E-state index in [1.807, 2.05) is 24.3 Å². The van der Waals surface area contributed by atoms with E-state index in [4.69, 9.17) is 10.5 Å². The van der Waals surface area contributed by atoms with Crippen molar-refractivity contribution in [2.24, 2.45) is 5.73 Å². The molecule has 29 heavy (non-hydrogen) atoms. The molecule has 0 radical (unpaired) electrons. The van der Waals surface area contributed by atoms with Gasteiger partial charge in [-0.15, -0.1) is 0 Å². The van der Waals surface area contributed by atoms with Crippen LogP contribution in [0.15, 0.2) is 60.9 Å². The molecule has 3 aromatic rings. The van der Waals surface area contributed by atoms with Crippen LogP contribution in [0.4, 0.5) is 16.2 Å². The van der Waals surface area contributed by atoms with Gasteiger partial charge < -0.3 is 15.4 Å². The number of nitrogens with two attached hydrogens (primary N) is 1. The predicted molar refractivity (Wildman–Crippen MR) is 116 cm³/mol. The van der Waals surface area contributed by atoms with Crippen LogP contribution >= 0.6 is 0 Å². The summed E-state index contributed by atoms with van der Waals surface area (Å²) in [6, 6.07) is 15.6. The highest BCUT2D eigenvalue weighted by Gasteiger charge is 2.22. The summed E-state index contributed by atoms with van der Waals surface area (Å²) in [5.74, 6) is 0. The number of benzene rings is 2. The van der Waals surface area contributed by atoms with Crippen molar-refractivity contribution in [3.63, 3.8) is 0 Å². The van der Waals surface area contributed by atoms with Crippen molar-refractivity contribution in [1.82, 2.24) is 4.98 Å². The Morgan fingerprint density at radius 2 is 1.86 bits per heavy atom. The van der Waals surface area contributed by atoms with Crippen molar-refractivity contribution in [1.29, 1.82) is 0 Å². The van der Waals surface area contributed by atoms with Crippen LogP contribution in [-0.4, -0.2) is 36.3 Å². The van der Waals surface area contributed by atoms with Gasteiger partial charge >= 0.3 is 6.03 Å². The molecule has 1 aromatic heterocycles. The van der Waals surface area contributed by atoms with E-state index in [2.05, 4.69) is 48.0 Å². The zero-order chi connectivity index (χ0) is 20.4. The van der Waals surface area contributed by atoms with Gasteiger partial charge in [-0.05, 0) is 43.7 Å². The van der Waals surface area contributed by atoms with Gasteiger partial charge in [-0.1, -0.05) is 24.3 Å². The molecule has 0 aliphatic carbocycles. The molecule has 1 fully saturated rings. The fourth-order valence-corrected chi connectivity index (χ4v) is 4.01. The molecule has 0 saturated carbocycles. The maximum atomic E-state index is 12.2. The van der Waals surface area contributed by atoms with Crippen LogP contribution in [0.1, 0.15) is 19.4 Å². The maximum Gasteiger partial charge on any atom is 0.319 e. The molecule has 2 amide bonds. The largest absolute Gasteiger partial charge is 0.372 e. The minimum atomic E-state index is -0.478. The third kappa shape index (κ3) is 4.17. The number of pyridine rings is 1. The minimum absolute atomic E-state index is 0.213. The molecule has 1 aliphatic rings. The van der Waals surface area contributed by atoms with Crippen LogP contribution in [0, 0.1) is 0 Å². The highest BCUT2D eigenvalue weighted by atomic mass is 16.5. The summed E-state index contributed by atoms with van der Waals surface area (Å²) in [6.45, 7) is 6.36. The molecule has 4 rings (SSSR count). The fraction of sp³-hybridized carbons (Fsp3) is 0.304. The van der Waals surface area contributed by atoms with Crippen molar-refractivity contribution < 1.29 is 9.53 Å². The molecule has 2 heterocycles. The minimum Gasteiger partial charge on any atom is -0.372 e. The van der Waals surface area contributed by atoms with Gasteiger partial charge in [-0.3, -0.25) is 9.88 Å². The average molecular weight is 390 g/mol. The Hall–Kier alpha value is -3.12. The lowest BCUT2D eigenvalue weighted by Crippen LogP contribution is -2.45. The summed E-state index contributed by atoms with van der Waals surface area (Å²) in [5.41, 5.74) is 8.71. The summed E-state index contributed by atoms with van der Waals surface area (Å²) in [5, 5.41) is 1.93. The monoisotopic (exact) mass is 390 g/mol. The number of fused-ring (bicyclic) bond motifs is 1. The van der Waals surface area contributed by atoms with Crippen molar-refractivity contribution in [3.05, 3.63) is 66.5 Å². The molecule has 2 unspecified atom stereocenters. The average Bonchev–Trinajstić information content (AvgIpc) is 2.71. The van der Waals surface area contributed by atoms with Gasteiger partial charge in [0.1, 0.15) is 0 Å². The van der Waals surface area contributed by atoms with E-state index >= 15 is 0 Å². The number of hydrogen-bond donors (Lipinski definition) is 1. The maximum absolute atomic E-state index is 12.2. The van der Waals surface area contributed by atoms with E-state index in [1.54, 1.807) is 17.3 Å². The Morgan fingerprint density at radius 1 is 1.14 bits per heavy atom. The first-order valence-electron chi connectivity index (χ1n) is 9.90. The van der Waals surface area contributed by atoms with Gasteiger partial charge in [-0.2, -0.15) is 0 Å². The lowest BCUT2D eigenvalue weighted by molar-refractivity contribution is -0.00521. The molecule has 2 atom stereocenters. The van der Waals surface area contributed by atoms with Gasteiger partial charge in [0.2, 0.25) is 0 Å². The van der Waals surface area contributed by atoms with E-state index in [1.165, 1.54) is 0 Å². The van der Waals surface area contributed by atoms with Gasteiger partial charge in [0, 0.05) is 41.9 Å². The molecule has 1 saturated heterocycles. The number of hydrogen-bond acceptors (Lipinski definition) is 4. The van der Waals surface area contributed by atoms with Gasteiger partial charge in [0.05, 0.1) is 24.4 Å². The molecular weight excluding hydrogens is 364 g/mol. The second-order valence-electron chi connectivity index (χ2n) is 7.63. The number of rotatable bonds is 4. The summed E-state index contributed by atoms with van der Waals surface area (Å²) in [6.07, 6.45) is 3.94. The molecule has 2 aromatic carbocycles. The summed E-state index contributed by atoms with van der Waals surface area (Å²) < 4.78 is 5.82. The van der Waals surface area contributed by atoms with Gasteiger partial charge in [-0.25, -0.2) is 4.79 Å². The summed E-state index contributed by atoms with van der Waals surface area (Å²) in [7, 11) is 0. The number of urea groups is 1. The Labute approximate surface area is 170 Å². The molecule has 1 aliphatic heterocycles. The highest BCUT2D eigenvalue weighted by molar-refractivity contribution is 6.02. The molecule has 0 spiro atoms. The van der Waals surface area contributed by atoms with Gasteiger partial charge in [0.15, 0.2) is 0 Å². The topological polar surface area (TPSA) is 71.7 Å². The van der Waals surface area contributed by atoms with E-state index in [0.717, 1.165) is 40.8 Å². The summed E-state index contributed by atoms with van der Waals surface area (Å²) in [4.78, 5) is 20.4. The Morgan fingerprint density at radius 3 is 2.55 bits per heavy atom. The molecule has 150 valence electrons. The van der Waals surface area contributed by atoms with Crippen LogP contribution in [0.5, 0.6) is 0 Å². The predicted octanol–water partition coefficient (Wildman–Crippen LogP) is 3.93. The third-order valence-electron chi connectivity index (χ3n) is 5.28. The number of anilines is 2. The van der Waals surface area contributed by atoms with E-state index in [-0.39, 0.29) is 12.2 Å². The number of amides is 2. The zero-order valence-corrected chi connectivity index (χ0v) is 16.8. The van der Waals surface area contributed by atoms with Crippen molar-refractivity contribution in [2.75, 3.05) is 22.9 Å². The Kier molecular flexibility index (Phi) is 5.36. The van der Waals surface area contributed by atoms with Crippen LogP contribution in [0.3, 0.4) is 0 Å². The second kappa shape index (κ2) is 8.09. The molecule has 2 N–H and O–H groups in total. The van der Waals surface area contributed by atoms with E-state index in [0.29, 0.717) is 6.54 Å². The number of carbonyl (C=O) groups is 1. The van der Waals surface area contributed by atoms with Crippen LogP contribution in [-0.2, 0) is 11.3 Å². The number of primary amides is 1. The third-order valence-corrected chi connectivity index (χ3v) is 5.28. The Balaban J connectivity index is 1.57.